The monoisotopic (exact) mass is 287 g/mol. The van der Waals surface area contributed by atoms with E-state index in [4.69, 9.17) is 9.52 Å². The summed E-state index contributed by atoms with van der Waals surface area (Å²) in [6.45, 7) is 4.01. The average Bonchev–Trinajstić information content (AvgIpc) is 2.95. The maximum atomic E-state index is 12.2. The molecule has 1 aromatic heterocycles. The average molecular weight is 287 g/mol. The zero-order chi connectivity index (χ0) is 15.4. The van der Waals surface area contributed by atoms with Gasteiger partial charge in [0.25, 0.3) is 5.91 Å². The number of rotatable bonds is 5. The van der Waals surface area contributed by atoms with Crippen molar-refractivity contribution in [2.24, 2.45) is 5.92 Å². The van der Waals surface area contributed by atoms with Gasteiger partial charge in [-0.15, -0.1) is 0 Å². The van der Waals surface area contributed by atoms with Crippen LogP contribution >= 0.6 is 0 Å². The molecule has 0 saturated heterocycles. The van der Waals surface area contributed by atoms with E-state index in [9.17, 15) is 9.59 Å². The number of carbonyl (C=O) groups excluding carboxylic acids is 1. The molecule has 0 aliphatic heterocycles. The van der Waals surface area contributed by atoms with Crippen LogP contribution in [-0.4, -0.2) is 17.0 Å². The first-order valence-corrected chi connectivity index (χ1v) is 6.68. The molecular weight excluding hydrogens is 270 g/mol. The summed E-state index contributed by atoms with van der Waals surface area (Å²) in [5, 5.41) is 11.7. The van der Waals surface area contributed by atoms with Crippen molar-refractivity contribution in [2.45, 2.75) is 19.9 Å². The van der Waals surface area contributed by atoms with E-state index in [2.05, 4.69) is 5.32 Å². The van der Waals surface area contributed by atoms with Gasteiger partial charge in [0.05, 0.1) is 6.04 Å². The van der Waals surface area contributed by atoms with E-state index >= 15 is 0 Å². The molecule has 5 heteroatoms. The summed E-state index contributed by atoms with van der Waals surface area (Å²) in [6, 6.07) is 12.1. The molecule has 0 saturated carbocycles. The van der Waals surface area contributed by atoms with Crippen LogP contribution in [0.15, 0.2) is 46.9 Å². The Morgan fingerprint density at radius 2 is 1.67 bits per heavy atom. The summed E-state index contributed by atoms with van der Waals surface area (Å²) >= 11 is 0. The molecule has 1 amide bonds. The summed E-state index contributed by atoms with van der Waals surface area (Å²) in [5.41, 5.74) is 0.992. The summed E-state index contributed by atoms with van der Waals surface area (Å²) < 4.78 is 5.01. The van der Waals surface area contributed by atoms with Crippen LogP contribution in [0.4, 0.5) is 0 Å². The summed E-state index contributed by atoms with van der Waals surface area (Å²) in [7, 11) is 0. The van der Waals surface area contributed by atoms with Crippen molar-refractivity contribution < 1.29 is 19.1 Å². The van der Waals surface area contributed by atoms with Gasteiger partial charge in [0.2, 0.25) is 5.76 Å². The largest absolute Gasteiger partial charge is 0.475 e. The zero-order valence-electron chi connectivity index (χ0n) is 11.9. The zero-order valence-corrected chi connectivity index (χ0v) is 11.9. The van der Waals surface area contributed by atoms with Crippen LogP contribution in [0.1, 0.15) is 46.6 Å². The standard InChI is InChI=1S/C16H17NO4/c1-10(2)14(11-6-4-3-5-7-11)17-15(18)12-8-9-13(21-12)16(19)20/h3-10,14H,1-2H3,(H,17,18)(H,19,20). The Morgan fingerprint density at radius 3 is 2.19 bits per heavy atom. The highest BCUT2D eigenvalue weighted by Crippen LogP contribution is 2.22. The maximum absolute atomic E-state index is 12.2. The molecule has 1 heterocycles. The SMILES string of the molecule is CC(C)C(NC(=O)c1ccc(C(=O)O)o1)c1ccccc1. The van der Waals surface area contributed by atoms with Gasteiger partial charge in [-0.2, -0.15) is 0 Å². The smallest absolute Gasteiger partial charge is 0.371 e. The molecule has 2 N–H and O–H groups in total. The van der Waals surface area contributed by atoms with E-state index in [0.717, 1.165) is 5.56 Å². The number of hydrogen-bond donors (Lipinski definition) is 2. The fraction of sp³-hybridized carbons (Fsp3) is 0.250. The predicted molar refractivity (Wildman–Crippen MR) is 77.2 cm³/mol. The molecule has 2 rings (SSSR count). The van der Waals surface area contributed by atoms with Crippen molar-refractivity contribution in [1.82, 2.24) is 5.32 Å². The first kappa shape index (κ1) is 14.8. The molecule has 0 spiro atoms. The number of carboxylic acids is 1. The number of amides is 1. The molecule has 0 bridgehead atoms. The molecule has 21 heavy (non-hydrogen) atoms. The van der Waals surface area contributed by atoms with Gasteiger partial charge in [-0.25, -0.2) is 4.79 Å². The fourth-order valence-corrected chi connectivity index (χ4v) is 2.08. The molecule has 5 nitrogen and oxygen atoms in total. The molecule has 0 aliphatic rings. The van der Waals surface area contributed by atoms with Crippen LogP contribution in [0, 0.1) is 5.92 Å². The minimum Gasteiger partial charge on any atom is -0.475 e. The summed E-state index contributed by atoms with van der Waals surface area (Å²) in [6.07, 6.45) is 0. The van der Waals surface area contributed by atoms with Crippen molar-refractivity contribution >= 4 is 11.9 Å². The van der Waals surface area contributed by atoms with E-state index in [1.165, 1.54) is 12.1 Å². The van der Waals surface area contributed by atoms with Gasteiger partial charge < -0.3 is 14.8 Å². The Hall–Kier alpha value is -2.56. The number of carboxylic acid groups (broad SMARTS) is 1. The van der Waals surface area contributed by atoms with Crippen LogP contribution < -0.4 is 5.32 Å². The highest BCUT2D eigenvalue weighted by atomic mass is 16.4. The minimum atomic E-state index is -1.20. The lowest BCUT2D eigenvalue weighted by Gasteiger charge is -2.22. The second kappa shape index (κ2) is 6.26. The first-order valence-electron chi connectivity index (χ1n) is 6.68. The van der Waals surface area contributed by atoms with Gasteiger partial charge in [0.1, 0.15) is 0 Å². The Labute approximate surface area is 122 Å². The number of hydrogen-bond acceptors (Lipinski definition) is 3. The van der Waals surface area contributed by atoms with Gasteiger partial charge >= 0.3 is 5.97 Å². The third-order valence-electron chi connectivity index (χ3n) is 3.15. The van der Waals surface area contributed by atoms with Gasteiger partial charge in [-0.3, -0.25) is 4.79 Å². The van der Waals surface area contributed by atoms with Gasteiger partial charge in [0.15, 0.2) is 5.76 Å². The second-order valence-corrected chi connectivity index (χ2v) is 5.07. The number of aromatic carboxylic acids is 1. The van der Waals surface area contributed by atoms with Crippen molar-refractivity contribution in [1.29, 1.82) is 0 Å². The molecule has 0 radical (unpaired) electrons. The Bertz CT molecular complexity index is 631. The van der Waals surface area contributed by atoms with Crippen LogP contribution in [0.3, 0.4) is 0 Å². The lowest BCUT2D eigenvalue weighted by molar-refractivity contribution is 0.0659. The van der Waals surface area contributed by atoms with Gasteiger partial charge in [-0.1, -0.05) is 44.2 Å². The van der Waals surface area contributed by atoms with E-state index in [1.54, 1.807) is 0 Å². The number of benzene rings is 1. The summed E-state index contributed by atoms with van der Waals surface area (Å²) in [5.74, 6) is -1.69. The molecule has 1 unspecified atom stereocenters. The number of nitrogens with one attached hydrogen (secondary N) is 1. The molecule has 1 aromatic carbocycles. The minimum absolute atomic E-state index is 0.00557. The van der Waals surface area contributed by atoms with Crippen LogP contribution in [0.2, 0.25) is 0 Å². The number of furan rings is 1. The molecule has 110 valence electrons. The van der Waals surface area contributed by atoms with E-state index < -0.39 is 11.9 Å². The van der Waals surface area contributed by atoms with E-state index in [1.807, 2.05) is 44.2 Å². The number of carbonyl (C=O) groups is 2. The van der Waals surface area contributed by atoms with Crippen molar-refractivity contribution in [2.75, 3.05) is 0 Å². The third kappa shape index (κ3) is 3.51. The van der Waals surface area contributed by atoms with Crippen molar-refractivity contribution in [3.63, 3.8) is 0 Å². The Morgan fingerprint density at radius 1 is 1.05 bits per heavy atom. The molecule has 2 aromatic rings. The third-order valence-corrected chi connectivity index (χ3v) is 3.15. The Kier molecular flexibility index (Phi) is 4.42. The quantitative estimate of drug-likeness (QED) is 0.885. The normalized spacial score (nSPS) is 12.1. The maximum Gasteiger partial charge on any atom is 0.371 e. The van der Waals surface area contributed by atoms with Crippen molar-refractivity contribution in [3.05, 3.63) is 59.5 Å². The van der Waals surface area contributed by atoms with Crippen LogP contribution in [0.25, 0.3) is 0 Å². The second-order valence-electron chi connectivity index (χ2n) is 5.07. The molecule has 0 fully saturated rings. The molecule has 0 aliphatic carbocycles. The molecular formula is C16H17NO4. The van der Waals surface area contributed by atoms with E-state index in [-0.39, 0.29) is 23.5 Å². The lowest BCUT2D eigenvalue weighted by Crippen LogP contribution is -2.31. The molecule has 1 atom stereocenters. The van der Waals surface area contributed by atoms with E-state index in [0.29, 0.717) is 0 Å². The van der Waals surface area contributed by atoms with Gasteiger partial charge in [0, 0.05) is 0 Å². The lowest BCUT2D eigenvalue weighted by atomic mass is 9.96. The first-order chi connectivity index (χ1) is 9.99. The topological polar surface area (TPSA) is 79.5 Å². The highest BCUT2D eigenvalue weighted by molar-refractivity contribution is 5.93. The van der Waals surface area contributed by atoms with Gasteiger partial charge in [-0.05, 0) is 23.6 Å². The van der Waals surface area contributed by atoms with Crippen LogP contribution in [0.5, 0.6) is 0 Å². The van der Waals surface area contributed by atoms with Crippen molar-refractivity contribution in [3.8, 4) is 0 Å². The van der Waals surface area contributed by atoms with Crippen LogP contribution in [-0.2, 0) is 0 Å². The predicted octanol–water partition coefficient (Wildman–Crippen LogP) is 3.10. The highest BCUT2D eigenvalue weighted by Gasteiger charge is 2.21. The fourth-order valence-electron chi connectivity index (χ4n) is 2.08. The Balaban J connectivity index is 2.17. The summed E-state index contributed by atoms with van der Waals surface area (Å²) in [4.78, 5) is 22.9.